The summed E-state index contributed by atoms with van der Waals surface area (Å²) in [6.45, 7) is 7.04. The van der Waals surface area contributed by atoms with Crippen molar-refractivity contribution >= 4 is 28.6 Å². The minimum absolute atomic E-state index is 0.0813. The van der Waals surface area contributed by atoms with E-state index in [2.05, 4.69) is 55.3 Å². The summed E-state index contributed by atoms with van der Waals surface area (Å²) in [6, 6.07) is 8.28. The van der Waals surface area contributed by atoms with Crippen LogP contribution in [-0.2, 0) is 4.79 Å². The zero-order valence-corrected chi connectivity index (χ0v) is 13.7. The molecule has 1 aromatic carbocycles. The topological polar surface area (TPSA) is 42.0 Å². The summed E-state index contributed by atoms with van der Waals surface area (Å²) in [6.07, 6.45) is 2.13. The van der Waals surface area contributed by atoms with E-state index in [1.807, 2.05) is 0 Å². The van der Waals surface area contributed by atoms with Crippen molar-refractivity contribution in [1.82, 2.24) is 10.3 Å². The van der Waals surface area contributed by atoms with Crippen molar-refractivity contribution in [3.63, 3.8) is 0 Å². The number of aryl methyl sites for hydroxylation is 2. The van der Waals surface area contributed by atoms with Gasteiger partial charge in [0.15, 0.2) is 0 Å². The first-order valence-corrected chi connectivity index (χ1v) is 8.37. The molecule has 1 N–H and O–H groups in total. The zero-order chi connectivity index (χ0) is 15.2. The lowest BCUT2D eigenvalue weighted by molar-refractivity contribution is -0.118. The van der Waals surface area contributed by atoms with Crippen molar-refractivity contribution in [2.24, 2.45) is 0 Å². The highest BCUT2D eigenvalue weighted by Gasteiger charge is 2.07. The summed E-state index contributed by atoms with van der Waals surface area (Å²) >= 11 is 1.50. The normalized spacial score (nSPS) is 10.8. The third kappa shape index (κ3) is 4.21. The van der Waals surface area contributed by atoms with Crippen LogP contribution in [0.1, 0.15) is 30.9 Å². The molecule has 0 radical (unpaired) electrons. The first-order chi connectivity index (χ1) is 10.1. The maximum absolute atomic E-state index is 11.7. The van der Waals surface area contributed by atoms with Gasteiger partial charge in [0.05, 0.1) is 16.3 Å². The number of benzene rings is 1. The van der Waals surface area contributed by atoms with Gasteiger partial charge in [-0.25, -0.2) is 4.98 Å². The van der Waals surface area contributed by atoms with Gasteiger partial charge in [-0.3, -0.25) is 4.79 Å². The molecule has 0 saturated carbocycles. The predicted octanol–water partition coefficient (Wildman–Crippen LogP) is 3.86. The monoisotopic (exact) mass is 302 g/mol. The molecular formula is C17H22N2OS. The number of nitrogens with zero attached hydrogens (tertiary/aromatic N) is 1. The predicted molar refractivity (Wildman–Crippen MR) is 89.9 cm³/mol. The lowest BCUT2D eigenvalue weighted by Gasteiger charge is -2.08. The molecule has 0 aliphatic carbocycles. The van der Waals surface area contributed by atoms with Crippen molar-refractivity contribution in [3.8, 4) is 0 Å². The summed E-state index contributed by atoms with van der Waals surface area (Å²) < 4.78 is 0. The molecule has 2 aromatic rings. The van der Waals surface area contributed by atoms with Crippen LogP contribution in [-0.4, -0.2) is 23.2 Å². The minimum Gasteiger partial charge on any atom is -0.355 e. The Morgan fingerprint density at radius 2 is 2.10 bits per heavy atom. The summed E-state index contributed by atoms with van der Waals surface area (Å²) in [5, 5.41) is 5.03. The number of para-hydroxylation sites is 1. The standard InChI is InChI=1S/C17H22N2OS/c1-4-5-9-18-15(20)11-21-16-10-13(3)14-8-6-7-12(2)17(14)19-16/h6-8,10H,4-5,9,11H2,1-3H3,(H,18,20). The van der Waals surface area contributed by atoms with Crippen LogP contribution in [0.3, 0.4) is 0 Å². The Kier molecular flexibility index (Phi) is 5.62. The molecule has 4 heteroatoms. The van der Waals surface area contributed by atoms with Crippen molar-refractivity contribution in [2.45, 2.75) is 38.6 Å². The zero-order valence-electron chi connectivity index (χ0n) is 12.9. The van der Waals surface area contributed by atoms with Crippen LogP contribution in [0.25, 0.3) is 10.9 Å². The van der Waals surface area contributed by atoms with Gasteiger partial charge in [0.2, 0.25) is 5.91 Å². The molecule has 0 aliphatic heterocycles. The Hall–Kier alpha value is -1.55. The van der Waals surface area contributed by atoms with Crippen molar-refractivity contribution < 1.29 is 4.79 Å². The number of hydrogen-bond acceptors (Lipinski definition) is 3. The van der Waals surface area contributed by atoms with E-state index >= 15 is 0 Å². The molecule has 112 valence electrons. The van der Waals surface area contributed by atoms with Gasteiger partial charge < -0.3 is 5.32 Å². The van der Waals surface area contributed by atoms with Crippen LogP contribution in [0.4, 0.5) is 0 Å². The fourth-order valence-electron chi connectivity index (χ4n) is 2.20. The maximum Gasteiger partial charge on any atom is 0.230 e. The summed E-state index contributed by atoms with van der Waals surface area (Å²) in [7, 11) is 0. The van der Waals surface area contributed by atoms with E-state index < -0.39 is 0 Å². The summed E-state index contributed by atoms with van der Waals surface area (Å²) in [4.78, 5) is 16.4. The molecule has 1 heterocycles. The third-order valence-corrected chi connectivity index (χ3v) is 4.34. The van der Waals surface area contributed by atoms with Crippen molar-refractivity contribution in [1.29, 1.82) is 0 Å². The summed E-state index contributed by atoms with van der Waals surface area (Å²) in [5.41, 5.74) is 3.41. The fourth-order valence-corrected chi connectivity index (χ4v) is 3.00. The van der Waals surface area contributed by atoms with Gasteiger partial charge in [0.25, 0.3) is 0 Å². The number of carbonyl (C=O) groups is 1. The van der Waals surface area contributed by atoms with Crippen LogP contribution in [0.15, 0.2) is 29.3 Å². The Morgan fingerprint density at radius 3 is 2.86 bits per heavy atom. The average Bonchev–Trinajstić information content (AvgIpc) is 2.46. The Bertz CT molecular complexity index is 640. The molecule has 2 rings (SSSR count). The molecule has 0 aliphatic rings. The quantitative estimate of drug-likeness (QED) is 0.651. The van der Waals surface area contributed by atoms with Crippen LogP contribution < -0.4 is 5.32 Å². The number of fused-ring (bicyclic) bond motifs is 1. The van der Waals surface area contributed by atoms with Gasteiger partial charge in [-0.15, -0.1) is 0 Å². The van der Waals surface area contributed by atoms with Crippen LogP contribution in [0.5, 0.6) is 0 Å². The smallest absolute Gasteiger partial charge is 0.230 e. The number of rotatable bonds is 6. The second-order valence-corrected chi connectivity index (χ2v) is 6.24. The van der Waals surface area contributed by atoms with E-state index in [9.17, 15) is 4.79 Å². The molecule has 0 saturated heterocycles. The number of amides is 1. The van der Waals surface area contributed by atoms with E-state index in [-0.39, 0.29) is 5.91 Å². The van der Waals surface area contributed by atoms with Gasteiger partial charge in [-0.05, 0) is 37.5 Å². The largest absolute Gasteiger partial charge is 0.355 e. The fraction of sp³-hybridized carbons (Fsp3) is 0.412. The SMILES string of the molecule is CCCCNC(=O)CSc1cc(C)c2cccc(C)c2n1. The highest BCUT2D eigenvalue weighted by Crippen LogP contribution is 2.25. The molecule has 1 amide bonds. The van der Waals surface area contributed by atoms with Crippen molar-refractivity contribution in [2.75, 3.05) is 12.3 Å². The lowest BCUT2D eigenvalue weighted by atomic mass is 10.1. The third-order valence-electron chi connectivity index (χ3n) is 3.43. The first kappa shape index (κ1) is 15.8. The molecule has 3 nitrogen and oxygen atoms in total. The number of pyridine rings is 1. The highest BCUT2D eigenvalue weighted by molar-refractivity contribution is 7.99. The van der Waals surface area contributed by atoms with Gasteiger partial charge in [0.1, 0.15) is 0 Å². The Labute approximate surface area is 130 Å². The summed E-state index contributed by atoms with van der Waals surface area (Å²) in [5.74, 6) is 0.505. The molecule has 0 fully saturated rings. The van der Waals surface area contributed by atoms with Gasteiger partial charge in [-0.2, -0.15) is 0 Å². The molecular weight excluding hydrogens is 280 g/mol. The van der Waals surface area contributed by atoms with E-state index in [0.717, 1.165) is 29.9 Å². The first-order valence-electron chi connectivity index (χ1n) is 7.38. The van der Waals surface area contributed by atoms with Crippen molar-refractivity contribution in [3.05, 3.63) is 35.4 Å². The second-order valence-electron chi connectivity index (χ2n) is 5.24. The van der Waals surface area contributed by atoms with E-state index in [4.69, 9.17) is 0 Å². The molecule has 0 bridgehead atoms. The lowest BCUT2D eigenvalue weighted by Crippen LogP contribution is -2.26. The number of thioether (sulfide) groups is 1. The highest BCUT2D eigenvalue weighted by atomic mass is 32.2. The van der Waals surface area contributed by atoms with E-state index in [1.165, 1.54) is 28.3 Å². The van der Waals surface area contributed by atoms with Gasteiger partial charge >= 0.3 is 0 Å². The van der Waals surface area contributed by atoms with Gasteiger partial charge in [0, 0.05) is 11.9 Å². The van der Waals surface area contributed by atoms with Crippen LogP contribution >= 0.6 is 11.8 Å². The van der Waals surface area contributed by atoms with Crippen LogP contribution in [0.2, 0.25) is 0 Å². The molecule has 1 aromatic heterocycles. The molecule has 0 atom stereocenters. The maximum atomic E-state index is 11.7. The van der Waals surface area contributed by atoms with Gasteiger partial charge in [-0.1, -0.05) is 43.3 Å². The number of unbranched alkanes of at least 4 members (excludes halogenated alkanes) is 1. The molecule has 21 heavy (non-hydrogen) atoms. The Morgan fingerprint density at radius 1 is 1.29 bits per heavy atom. The average molecular weight is 302 g/mol. The van der Waals surface area contributed by atoms with E-state index in [1.54, 1.807) is 0 Å². The second kappa shape index (κ2) is 7.46. The Balaban J connectivity index is 2.06. The number of carbonyl (C=O) groups excluding carboxylic acids is 1. The minimum atomic E-state index is 0.0813. The number of hydrogen-bond donors (Lipinski definition) is 1. The molecule has 0 spiro atoms. The number of nitrogens with one attached hydrogen (secondary N) is 1. The molecule has 0 unspecified atom stereocenters. The number of aromatic nitrogens is 1. The van der Waals surface area contributed by atoms with Crippen LogP contribution in [0, 0.1) is 13.8 Å². The van der Waals surface area contributed by atoms with E-state index in [0.29, 0.717) is 5.75 Å².